The van der Waals surface area contributed by atoms with Crippen molar-refractivity contribution >= 4 is 33.4 Å². The Hall–Kier alpha value is -1.63. The molecule has 0 atom stereocenters. The number of rotatable bonds is 4. The van der Waals surface area contributed by atoms with Crippen LogP contribution in [0.15, 0.2) is 22.8 Å². The van der Waals surface area contributed by atoms with Crippen molar-refractivity contribution in [1.29, 1.82) is 0 Å². The molecule has 0 aromatic carbocycles. The maximum atomic E-state index is 11.5. The quantitative estimate of drug-likeness (QED) is 0.890. The highest BCUT2D eigenvalue weighted by molar-refractivity contribution is 9.10. The molecule has 1 saturated carbocycles. The molecule has 94 valence electrons. The van der Waals surface area contributed by atoms with Crippen molar-refractivity contribution in [1.82, 2.24) is 19.9 Å². The minimum atomic E-state index is -0.0181. The lowest BCUT2D eigenvalue weighted by molar-refractivity contribution is -0.119. The fourth-order valence-electron chi connectivity index (χ4n) is 1.61. The molecule has 6 nitrogen and oxygen atoms in total. The summed E-state index contributed by atoms with van der Waals surface area (Å²) in [5.41, 5.74) is 0.725. The number of nitrogens with one attached hydrogen (secondary N) is 2. The highest BCUT2D eigenvalue weighted by Crippen LogP contribution is 2.18. The Morgan fingerprint density at radius 1 is 1.56 bits per heavy atom. The van der Waals surface area contributed by atoms with Gasteiger partial charge in [-0.25, -0.2) is 4.52 Å². The average molecular weight is 310 g/mol. The van der Waals surface area contributed by atoms with Crippen LogP contribution in [0.2, 0.25) is 0 Å². The molecule has 3 rings (SSSR count). The van der Waals surface area contributed by atoms with Crippen molar-refractivity contribution in [3.8, 4) is 0 Å². The smallest absolute Gasteiger partial charge is 0.243 e. The molecule has 2 heterocycles. The first kappa shape index (κ1) is 11.5. The Balaban J connectivity index is 1.66. The Morgan fingerprint density at radius 2 is 2.39 bits per heavy atom. The van der Waals surface area contributed by atoms with Gasteiger partial charge < -0.3 is 10.6 Å². The van der Waals surface area contributed by atoms with Gasteiger partial charge in [0.2, 0.25) is 11.9 Å². The predicted octanol–water partition coefficient (Wildman–Crippen LogP) is 1.18. The third kappa shape index (κ3) is 2.45. The number of halogens is 1. The summed E-state index contributed by atoms with van der Waals surface area (Å²) in [4.78, 5) is 15.8. The van der Waals surface area contributed by atoms with Gasteiger partial charge in [-0.3, -0.25) is 4.79 Å². The van der Waals surface area contributed by atoms with E-state index in [1.807, 2.05) is 18.3 Å². The topological polar surface area (TPSA) is 71.3 Å². The van der Waals surface area contributed by atoms with E-state index in [2.05, 4.69) is 36.6 Å². The third-order valence-corrected chi connectivity index (χ3v) is 3.28. The molecule has 0 aliphatic heterocycles. The SMILES string of the molecule is O=C(CNc1nc2c(Br)cccn2n1)NC1CC1. The van der Waals surface area contributed by atoms with Crippen LogP contribution in [-0.2, 0) is 4.79 Å². The van der Waals surface area contributed by atoms with Crippen molar-refractivity contribution in [2.24, 2.45) is 0 Å². The first-order chi connectivity index (χ1) is 8.72. The van der Waals surface area contributed by atoms with Gasteiger partial charge in [0.25, 0.3) is 0 Å². The van der Waals surface area contributed by atoms with Crippen LogP contribution in [0.4, 0.5) is 5.95 Å². The minimum absolute atomic E-state index is 0.0181. The van der Waals surface area contributed by atoms with Gasteiger partial charge in [-0.1, -0.05) is 0 Å². The maximum Gasteiger partial charge on any atom is 0.243 e. The van der Waals surface area contributed by atoms with Gasteiger partial charge in [0.1, 0.15) is 0 Å². The lowest BCUT2D eigenvalue weighted by atomic mass is 10.5. The number of aromatic nitrogens is 3. The number of carbonyl (C=O) groups excluding carboxylic acids is 1. The lowest BCUT2D eigenvalue weighted by Gasteiger charge is -2.02. The molecule has 0 bridgehead atoms. The van der Waals surface area contributed by atoms with Crippen molar-refractivity contribution in [3.63, 3.8) is 0 Å². The fourth-order valence-corrected chi connectivity index (χ4v) is 2.04. The molecule has 1 amide bonds. The molecule has 2 aromatic rings. The highest BCUT2D eigenvalue weighted by Gasteiger charge is 2.23. The van der Waals surface area contributed by atoms with E-state index in [-0.39, 0.29) is 12.5 Å². The summed E-state index contributed by atoms with van der Waals surface area (Å²) in [6.45, 7) is 0.199. The Labute approximate surface area is 112 Å². The Bertz CT molecular complexity index is 592. The monoisotopic (exact) mass is 309 g/mol. The van der Waals surface area contributed by atoms with Gasteiger partial charge in [-0.2, -0.15) is 4.98 Å². The van der Waals surface area contributed by atoms with Crippen molar-refractivity contribution in [2.75, 3.05) is 11.9 Å². The van der Waals surface area contributed by atoms with E-state index in [4.69, 9.17) is 0 Å². The predicted molar refractivity (Wildman–Crippen MR) is 70.3 cm³/mol. The van der Waals surface area contributed by atoms with Crippen LogP contribution in [-0.4, -0.2) is 33.1 Å². The number of pyridine rings is 1. The summed E-state index contributed by atoms with van der Waals surface area (Å²) in [5, 5.41) is 10.0. The van der Waals surface area contributed by atoms with Crippen LogP contribution in [0.1, 0.15) is 12.8 Å². The van der Waals surface area contributed by atoms with Crippen molar-refractivity contribution < 1.29 is 4.79 Å². The number of fused-ring (bicyclic) bond motifs is 1. The van der Waals surface area contributed by atoms with Crippen LogP contribution < -0.4 is 10.6 Å². The first-order valence-electron chi connectivity index (χ1n) is 5.76. The zero-order chi connectivity index (χ0) is 12.5. The molecule has 7 heteroatoms. The summed E-state index contributed by atoms with van der Waals surface area (Å²) in [7, 11) is 0. The number of hydrogen-bond donors (Lipinski definition) is 2. The molecule has 2 N–H and O–H groups in total. The number of hydrogen-bond acceptors (Lipinski definition) is 4. The van der Waals surface area contributed by atoms with Crippen LogP contribution in [0.3, 0.4) is 0 Å². The molecule has 1 aliphatic rings. The minimum Gasteiger partial charge on any atom is -0.352 e. The van der Waals surface area contributed by atoms with Crippen LogP contribution in [0.5, 0.6) is 0 Å². The average Bonchev–Trinajstić information content (AvgIpc) is 3.04. The molecule has 2 aromatic heterocycles. The summed E-state index contributed by atoms with van der Waals surface area (Å²) in [5.74, 6) is 0.434. The first-order valence-corrected chi connectivity index (χ1v) is 6.56. The van der Waals surface area contributed by atoms with Gasteiger partial charge in [0.15, 0.2) is 5.65 Å². The van der Waals surface area contributed by atoms with E-state index in [1.54, 1.807) is 4.52 Å². The van der Waals surface area contributed by atoms with Gasteiger partial charge in [0, 0.05) is 12.2 Å². The van der Waals surface area contributed by atoms with Gasteiger partial charge in [0.05, 0.1) is 11.0 Å². The maximum absolute atomic E-state index is 11.5. The number of amides is 1. The fraction of sp³-hybridized carbons (Fsp3) is 0.364. The molecule has 0 unspecified atom stereocenters. The number of carbonyl (C=O) groups is 1. The second-order valence-electron chi connectivity index (χ2n) is 4.26. The Kier molecular flexibility index (Phi) is 2.91. The molecule has 0 radical (unpaired) electrons. The van der Waals surface area contributed by atoms with E-state index in [1.165, 1.54) is 0 Å². The second kappa shape index (κ2) is 4.56. The summed E-state index contributed by atoms with van der Waals surface area (Å²) in [6.07, 6.45) is 3.99. The molecular weight excluding hydrogens is 298 g/mol. The standard InChI is InChI=1S/C11H12BrN5O/c12-8-2-1-5-17-10(8)15-11(16-17)13-6-9(18)14-7-3-4-7/h1-2,5,7H,3-4,6H2,(H,13,16)(H,14,18). The normalized spacial score (nSPS) is 14.7. The van der Waals surface area contributed by atoms with Gasteiger partial charge in [-0.05, 0) is 40.9 Å². The van der Waals surface area contributed by atoms with Crippen LogP contribution in [0, 0.1) is 0 Å². The van der Waals surface area contributed by atoms with Gasteiger partial charge >= 0.3 is 0 Å². The van der Waals surface area contributed by atoms with E-state index in [0.717, 1.165) is 23.0 Å². The molecule has 1 fully saturated rings. The van der Waals surface area contributed by atoms with Crippen LogP contribution >= 0.6 is 15.9 Å². The number of nitrogens with zero attached hydrogens (tertiary/aromatic N) is 3. The van der Waals surface area contributed by atoms with E-state index < -0.39 is 0 Å². The largest absolute Gasteiger partial charge is 0.352 e. The molecular formula is C11H12BrN5O. The summed E-state index contributed by atoms with van der Waals surface area (Å²) < 4.78 is 2.53. The number of anilines is 1. The van der Waals surface area contributed by atoms with E-state index in [9.17, 15) is 4.79 Å². The zero-order valence-corrected chi connectivity index (χ0v) is 11.1. The van der Waals surface area contributed by atoms with Crippen molar-refractivity contribution in [3.05, 3.63) is 22.8 Å². The summed E-state index contributed by atoms with van der Waals surface area (Å²) >= 11 is 3.40. The molecule has 18 heavy (non-hydrogen) atoms. The molecule has 0 saturated heterocycles. The second-order valence-corrected chi connectivity index (χ2v) is 5.11. The van der Waals surface area contributed by atoms with Crippen molar-refractivity contribution in [2.45, 2.75) is 18.9 Å². The summed E-state index contributed by atoms with van der Waals surface area (Å²) in [6, 6.07) is 4.14. The highest BCUT2D eigenvalue weighted by atomic mass is 79.9. The van der Waals surface area contributed by atoms with E-state index in [0.29, 0.717) is 12.0 Å². The lowest BCUT2D eigenvalue weighted by Crippen LogP contribution is -2.31. The van der Waals surface area contributed by atoms with Gasteiger partial charge in [-0.15, -0.1) is 5.10 Å². The Morgan fingerprint density at radius 3 is 3.11 bits per heavy atom. The third-order valence-electron chi connectivity index (χ3n) is 2.66. The van der Waals surface area contributed by atoms with E-state index >= 15 is 0 Å². The molecule has 1 aliphatic carbocycles. The van der Waals surface area contributed by atoms with Crippen LogP contribution in [0.25, 0.3) is 5.65 Å². The zero-order valence-electron chi connectivity index (χ0n) is 9.56. The molecule has 0 spiro atoms.